The van der Waals surface area contributed by atoms with E-state index in [4.69, 9.17) is 38.8 Å². The van der Waals surface area contributed by atoms with Gasteiger partial charge in [0.25, 0.3) is 5.91 Å². The zero-order valence-electron chi connectivity index (χ0n) is 11.5. The van der Waals surface area contributed by atoms with Crippen LogP contribution in [0.1, 0.15) is 23.2 Å². The predicted molar refractivity (Wildman–Crippen MR) is 82.8 cm³/mol. The number of likely N-dealkylation sites (tertiary alicyclic amines) is 1. The second kappa shape index (κ2) is 7.31. The van der Waals surface area contributed by atoms with Gasteiger partial charge in [0.1, 0.15) is 0 Å². The number of halogens is 2. The summed E-state index contributed by atoms with van der Waals surface area (Å²) in [4.78, 5) is 14.2. The van der Waals surface area contributed by atoms with Crippen molar-refractivity contribution in [3.63, 3.8) is 0 Å². The molecule has 1 saturated heterocycles. The number of aliphatic hydroxyl groups is 1. The number of carbonyl (C=O) groups is 1. The van der Waals surface area contributed by atoms with Crippen LogP contribution in [-0.4, -0.2) is 48.3 Å². The Bertz CT molecular complexity index is 494. The molecule has 7 heteroatoms. The maximum atomic E-state index is 12.4. The highest BCUT2D eigenvalue weighted by Gasteiger charge is 2.24. The van der Waals surface area contributed by atoms with E-state index in [1.165, 1.54) is 6.07 Å². The minimum atomic E-state index is -0.110. The Morgan fingerprint density at radius 3 is 2.62 bits per heavy atom. The lowest BCUT2D eigenvalue weighted by molar-refractivity contribution is -0.00554. The molecule has 1 heterocycles. The fourth-order valence-corrected chi connectivity index (χ4v) is 2.70. The van der Waals surface area contributed by atoms with Crippen LogP contribution in [0.15, 0.2) is 12.1 Å². The molecule has 1 aliphatic heterocycles. The number of hydrogen-bond acceptors (Lipinski definition) is 4. The van der Waals surface area contributed by atoms with Gasteiger partial charge in [0.15, 0.2) is 0 Å². The number of anilines is 1. The number of ether oxygens (including phenoxy) is 1. The van der Waals surface area contributed by atoms with Crippen molar-refractivity contribution in [1.29, 1.82) is 0 Å². The lowest BCUT2D eigenvalue weighted by Gasteiger charge is -2.32. The van der Waals surface area contributed by atoms with Gasteiger partial charge in [-0.2, -0.15) is 0 Å². The van der Waals surface area contributed by atoms with E-state index in [2.05, 4.69) is 0 Å². The molecule has 0 aliphatic carbocycles. The zero-order valence-corrected chi connectivity index (χ0v) is 13.0. The SMILES string of the molecule is Nc1cc(C(=O)N2CCC(OCCO)CC2)cc(Cl)c1Cl. The van der Waals surface area contributed by atoms with Crippen LogP contribution >= 0.6 is 23.2 Å². The number of nitrogens with zero attached hydrogens (tertiary/aromatic N) is 1. The molecule has 116 valence electrons. The van der Waals surface area contributed by atoms with E-state index in [9.17, 15) is 4.79 Å². The molecule has 1 aromatic rings. The van der Waals surface area contributed by atoms with Crippen LogP contribution < -0.4 is 5.73 Å². The van der Waals surface area contributed by atoms with Gasteiger partial charge in [-0.25, -0.2) is 0 Å². The third kappa shape index (κ3) is 4.01. The van der Waals surface area contributed by atoms with E-state index in [1.54, 1.807) is 11.0 Å². The highest BCUT2D eigenvalue weighted by atomic mass is 35.5. The van der Waals surface area contributed by atoms with Crippen LogP contribution in [0.5, 0.6) is 0 Å². The summed E-state index contributed by atoms with van der Waals surface area (Å²) in [7, 11) is 0. The summed E-state index contributed by atoms with van der Waals surface area (Å²) >= 11 is 11.8. The Balaban J connectivity index is 1.99. The summed E-state index contributed by atoms with van der Waals surface area (Å²) in [6.45, 7) is 1.56. The molecule has 0 atom stereocenters. The monoisotopic (exact) mass is 332 g/mol. The summed E-state index contributed by atoms with van der Waals surface area (Å²) in [6.07, 6.45) is 1.60. The number of benzene rings is 1. The quantitative estimate of drug-likeness (QED) is 0.828. The molecular formula is C14H18Cl2N2O3. The summed E-state index contributed by atoms with van der Waals surface area (Å²) in [5.41, 5.74) is 6.48. The zero-order chi connectivity index (χ0) is 15.4. The standard InChI is InChI=1S/C14H18Cl2N2O3/c15-11-7-9(8-12(17)13(11)16)14(20)18-3-1-10(2-4-18)21-6-5-19/h7-8,10,19H,1-6,17H2. The van der Waals surface area contributed by atoms with Crippen molar-refractivity contribution in [1.82, 2.24) is 4.90 Å². The van der Waals surface area contributed by atoms with Gasteiger partial charge in [-0.3, -0.25) is 4.79 Å². The van der Waals surface area contributed by atoms with E-state index >= 15 is 0 Å². The van der Waals surface area contributed by atoms with E-state index in [0.717, 1.165) is 12.8 Å². The minimum absolute atomic E-state index is 0.0156. The maximum absolute atomic E-state index is 12.4. The van der Waals surface area contributed by atoms with Gasteiger partial charge >= 0.3 is 0 Å². The molecular weight excluding hydrogens is 315 g/mol. The van der Waals surface area contributed by atoms with Crippen molar-refractivity contribution in [2.45, 2.75) is 18.9 Å². The molecule has 0 saturated carbocycles. The first-order valence-corrected chi connectivity index (χ1v) is 7.54. The van der Waals surface area contributed by atoms with Crippen molar-refractivity contribution in [2.75, 3.05) is 32.0 Å². The highest BCUT2D eigenvalue weighted by Crippen LogP contribution is 2.30. The molecule has 0 spiro atoms. The summed E-state index contributed by atoms with van der Waals surface area (Å²) in [5.74, 6) is -0.110. The first kappa shape index (κ1) is 16.4. The van der Waals surface area contributed by atoms with E-state index in [1.807, 2.05) is 0 Å². The van der Waals surface area contributed by atoms with Crippen LogP contribution in [0.2, 0.25) is 10.0 Å². The first-order chi connectivity index (χ1) is 10.0. The highest BCUT2D eigenvalue weighted by molar-refractivity contribution is 6.43. The summed E-state index contributed by atoms with van der Waals surface area (Å²) in [6, 6.07) is 3.09. The lowest BCUT2D eigenvalue weighted by atomic mass is 10.1. The molecule has 21 heavy (non-hydrogen) atoms. The summed E-state index contributed by atoms with van der Waals surface area (Å²) in [5, 5.41) is 9.28. The van der Waals surface area contributed by atoms with Gasteiger partial charge in [-0.15, -0.1) is 0 Å². The number of rotatable bonds is 4. The Morgan fingerprint density at radius 2 is 2.05 bits per heavy atom. The van der Waals surface area contributed by atoms with Crippen molar-refractivity contribution < 1.29 is 14.6 Å². The van der Waals surface area contributed by atoms with Crippen molar-refractivity contribution in [3.8, 4) is 0 Å². The lowest BCUT2D eigenvalue weighted by Crippen LogP contribution is -2.41. The Kier molecular flexibility index (Phi) is 5.70. The number of nitrogen functional groups attached to an aromatic ring is 1. The maximum Gasteiger partial charge on any atom is 0.253 e. The Hall–Kier alpha value is -1.01. The van der Waals surface area contributed by atoms with Crippen LogP contribution in [0.4, 0.5) is 5.69 Å². The fourth-order valence-electron chi connectivity index (χ4n) is 2.36. The van der Waals surface area contributed by atoms with E-state index in [-0.39, 0.29) is 28.7 Å². The fraction of sp³-hybridized carbons (Fsp3) is 0.500. The second-order valence-corrected chi connectivity index (χ2v) is 5.73. The number of amides is 1. The van der Waals surface area contributed by atoms with Crippen LogP contribution in [0.3, 0.4) is 0 Å². The number of piperidine rings is 1. The third-order valence-corrected chi connectivity index (χ3v) is 4.29. The van der Waals surface area contributed by atoms with Crippen molar-refractivity contribution in [2.24, 2.45) is 0 Å². The van der Waals surface area contributed by atoms with Crippen LogP contribution in [-0.2, 0) is 4.74 Å². The molecule has 0 unspecified atom stereocenters. The number of nitrogens with two attached hydrogens (primary N) is 1. The summed E-state index contributed by atoms with van der Waals surface area (Å²) < 4.78 is 5.47. The van der Waals surface area contributed by atoms with Gasteiger partial charge in [0.05, 0.1) is 35.1 Å². The first-order valence-electron chi connectivity index (χ1n) is 6.79. The molecule has 3 N–H and O–H groups in total. The van der Waals surface area contributed by atoms with Gasteiger partial charge < -0.3 is 20.5 Å². The largest absolute Gasteiger partial charge is 0.397 e. The molecule has 1 aliphatic rings. The topological polar surface area (TPSA) is 75.8 Å². The molecule has 1 amide bonds. The van der Waals surface area contributed by atoms with Gasteiger partial charge in [0, 0.05) is 18.7 Å². The third-order valence-electron chi connectivity index (χ3n) is 3.48. The van der Waals surface area contributed by atoms with E-state index < -0.39 is 0 Å². The average Bonchev–Trinajstić information content (AvgIpc) is 2.50. The predicted octanol–water partition coefficient (Wildman–Crippen LogP) is 2.19. The van der Waals surface area contributed by atoms with Crippen molar-refractivity contribution >= 4 is 34.8 Å². The average molecular weight is 333 g/mol. The number of aliphatic hydroxyl groups excluding tert-OH is 1. The molecule has 0 bridgehead atoms. The number of carbonyl (C=O) groups excluding carboxylic acids is 1. The second-order valence-electron chi connectivity index (χ2n) is 4.95. The smallest absolute Gasteiger partial charge is 0.253 e. The normalized spacial score (nSPS) is 16.2. The molecule has 2 rings (SSSR count). The van der Waals surface area contributed by atoms with Crippen molar-refractivity contribution in [3.05, 3.63) is 27.7 Å². The Labute approximate surface area is 133 Å². The minimum Gasteiger partial charge on any atom is -0.397 e. The molecule has 0 radical (unpaired) electrons. The molecule has 5 nitrogen and oxygen atoms in total. The van der Waals surface area contributed by atoms with Crippen LogP contribution in [0.25, 0.3) is 0 Å². The van der Waals surface area contributed by atoms with Gasteiger partial charge in [-0.1, -0.05) is 23.2 Å². The van der Waals surface area contributed by atoms with Gasteiger partial charge in [0.2, 0.25) is 0 Å². The van der Waals surface area contributed by atoms with Gasteiger partial charge in [-0.05, 0) is 25.0 Å². The Morgan fingerprint density at radius 1 is 1.38 bits per heavy atom. The number of hydrogen-bond donors (Lipinski definition) is 2. The molecule has 1 fully saturated rings. The molecule has 0 aromatic heterocycles. The van der Waals surface area contributed by atoms with E-state index in [0.29, 0.717) is 30.9 Å². The van der Waals surface area contributed by atoms with Crippen LogP contribution in [0, 0.1) is 0 Å². The molecule has 1 aromatic carbocycles.